The SMILES string of the molecule is CC(=O)NCCSC1=C(C(=O)OCc2ccc([N+](=O)[O-])cc2)N2C(=O)[C@H]([C@@H](C)O)[C@@H]2[C@H]1C. The molecular weight excluding hydrogens is 438 g/mol. The molecular formula is C21H25N3O7S. The normalized spacial score (nSPS) is 22.8. The van der Waals surface area contributed by atoms with Crippen molar-refractivity contribution in [2.24, 2.45) is 11.8 Å². The quantitative estimate of drug-likeness (QED) is 0.185. The van der Waals surface area contributed by atoms with Crippen molar-refractivity contribution in [1.29, 1.82) is 0 Å². The van der Waals surface area contributed by atoms with Gasteiger partial charge in [-0.1, -0.05) is 6.92 Å². The van der Waals surface area contributed by atoms with Gasteiger partial charge in [0, 0.05) is 42.2 Å². The Hall–Kier alpha value is -2.92. The van der Waals surface area contributed by atoms with Crippen LogP contribution in [-0.4, -0.2) is 57.2 Å². The number of benzene rings is 1. The zero-order valence-electron chi connectivity index (χ0n) is 17.9. The number of fused-ring (bicyclic) bond motifs is 1. The fraction of sp³-hybridized carbons (Fsp3) is 0.476. The summed E-state index contributed by atoms with van der Waals surface area (Å²) in [4.78, 5) is 49.1. The van der Waals surface area contributed by atoms with Crippen LogP contribution in [0.2, 0.25) is 0 Å². The van der Waals surface area contributed by atoms with E-state index in [1.807, 2.05) is 6.92 Å². The largest absolute Gasteiger partial charge is 0.456 e. The number of hydrogen-bond acceptors (Lipinski definition) is 8. The van der Waals surface area contributed by atoms with Crippen molar-refractivity contribution in [1.82, 2.24) is 10.2 Å². The maximum absolute atomic E-state index is 13.0. The Bertz CT molecular complexity index is 961. The number of esters is 1. The average molecular weight is 464 g/mol. The van der Waals surface area contributed by atoms with Gasteiger partial charge in [-0.3, -0.25) is 19.7 Å². The summed E-state index contributed by atoms with van der Waals surface area (Å²) in [5, 5.41) is 23.5. The van der Waals surface area contributed by atoms with E-state index in [0.29, 0.717) is 22.8 Å². The van der Waals surface area contributed by atoms with Crippen molar-refractivity contribution in [3.63, 3.8) is 0 Å². The number of thioether (sulfide) groups is 1. The number of rotatable bonds is 9. The van der Waals surface area contributed by atoms with Gasteiger partial charge in [0.2, 0.25) is 11.8 Å². The molecule has 0 radical (unpaired) electrons. The van der Waals surface area contributed by atoms with Gasteiger partial charge in [0.15, 0.2) is 0 Å². The lowest BCUT2D eigenvalue weighted by molar-refractivity contribution is -0.384. The summed E-state index contributed by atoms with van der Waals surface area (Å²) in [6.07, 6.45) is -0.840. The molecule has 32 heavy (non-hydrogen) atoms. The van der Waals surface area contributed by atoms with Gasteiger partial charge < -0.3 is 20.1 Å². The molecule has 2 N–H and O–H groups in total. The minimum Gasteiger partial charge on any atom is -0.456 e. The number of hydrogen-bond donors (Lipinski definition) is 2. The molecule has 2 aliphatic rings. The first-order valence-electron chi connectivity index (χ1n) is 10.2. The van der Waals surface area contributed by atoms with Crippen LogP contribution < -0.4 is 5.32 Å². The molecule has 11 heteroatoms. The fourth-order valence-electron chi connectivity index (χ4n) is 4.03. The molecule has 3 rings (SSSR count). The molecule has 1 saturated heterocycles. The van der Waals surface area contributed by atoms with Gasteiger partial charge in [-0.15, -0.1) is 11.8 Å². The number of non-ortho nitro benzene ring substituents is 1. The summed E-state index contributed by atoms with van der Waals surface area (Å²) in [6.45, 7) is 5.17. The molecule has 1 fully saturated rings. The van der Waals surface area contributed by atoms with E-state index in [0.717, 1.165) is 0 Å². The first-order chi connectivity index (χ1) is 15.1. The van der Waals surface area contributed by atoms with Crippen LogP contribution in [0.3, 0.4) is 0 Å². The third kappa shape index (κ3) is 4.63. The zero-order chi connectivity index (χ0) is 23.6. The van der Waals surface area contributed by atoms with Crippen LogP contribution in [0.25, 0.3) is 0 Å². The third-order valence-electron chi connectivity index (χ3n) is 5.55. The Kier molecular flexibility index (Phi) is 7.19. The molecule has 10 nitrogen and oxygen atoms in total. The summed E-state index contributed by atoms with van der Waals surface area (Å²) in [6, 6.07) is 5.33. The number of nitro benzene ring substituents is 1. The van der Waals surface area contributed by atoms with Crippen LogP contribution in [0.4, 0.5) is 5.69 Å². The lowest BCUT2D eigenvalue weighted by atomic mass is 9.79. The molecule has 0 bridgehead atoms. The molecule has 0 aliphatic carbocycles. The van der Waals surface area contributed by atoms with E-state index in [1.54, 1.807) is 6.92 Å². The number of carbonyl (C=O) groups is 3. The lowest BCUT2D eigenvalue weighted by Gasteiger charge is -2.46. The highest BCUT2D eigenvalue weighted by atomic mass is 32.2. The molecule has 2 aliphatic heterocycles. The number of β-lactam (4-membered cyclic amide) rings is 1. The second kappa shape index (κ2) is 9.70. The van der Waals surface area contributed by atoms with Crippen molar-refractivity contribution < 1.29 is 29.2 Å². The number of ether oxygens (including phenoxy) is 1. The molecule has 0 spiro atoms. The molecule has 172 valence electrons. The summed E-state index contributed by atoms with van der Waals surface area (Å²) >= 11 is 1.37. The number of aliphatic hydroxyl groups excluding tert-OH is 1. The molecule has 2 amide bonds. The Morgan fingerprint density at radius 1 is 1.34 bits per heavy atom. The Balaban J connectivity index is 1.76. The van der Waals surface area contributed by atoms with Gasteiger partial charge >= 0.3 is 5.97 Å². The van der Waals surface area contributed by atoms with Gasteiger partial charge in [-0.05, 0) is 24.6 Å². The Morgan fingerprint density at radius 2 is 2.00 bits per heavy atom. The average Bonchev–Trinajstić information content (AvgIpc) is 2.97. The number of nitro groups is 1. The van der Waals surface area contributed by atoms with E-state index < -0.39 is 22.9 Å². The number of nitrogens with zero attached hydrogens (tertiary/aromatic N) is 2. The van der Waals surface area contributed by atoms with Gasteiger partial charge in [0.05, 0.1) is 23.0 Å². The molecule has 0 saturated carbocycles. The maximum Gasteiger partial charge on any atom is 0.356 e. The van der Waals surface area contributed by atoms with Crippen molar-refractivity contribution in [2.45, 2.75) is 39.5 Å². The highest BCUT2D eigenvalue weighted by molar-refractivity contribution is 8.03. The molecule has 1 aromatic rings. The monoisotopic (exact) mass is 463 g/mol. The predicted molar refractivity (Wildman–Crippen MR) is 116 cm³/mol. The van der Waals surface area contributed by atoms with Crippen LogP contribution >= 0.6 is 11.8 Å². The second-order valence-electron chi connectivity index (χ2n) is 7.80. The summed E-state index contributed by atoms with van der Waals surface area (Å²) in [5.41, 5.74) is 0.673. The van der Waals surface area contributed by atoms with Crippen LogP contribution in [0, 0.1) is 22.0 Å². The van der Waals surface area contributed by atoms with Crippen molar-refractivity contribution in [3.05, 3.63) is 50.5 Å². The number of nitrogens with one attached hydrogen (secondary N) is 1. The smallest absolute Gasteiger partial charge is 0.356 e. The van der Waals surface area contributed by atoms with Crippen molar-refractivity contribution >= 4 is 35.2 Å². The molecule has 0 aromatic heterocycles. The minimum absolute atomic E-state index is 0.0663. The van der Waals surface area contributed by atoms with Crippen molar-refractivity contribution in [3.8, 4) is 0 Å². The summed E-state index contributed by atoms with van der Waals surface area (Å²) in [5.74, 6) is -1.40. The summed E-state index contributed by atoms with van der Waals surface area (Å²) < 4.78 is 5.43. The van der Waals surface area contributed by atoms with Gasteiger partial charge in [-0.25, -0.2) is 4.79 Å². The topological polar surface area (TPSA) is 139 Å². The van der Waals surface area contributed by atoms with E-state index in [9.17, 15) is 29.6 Å². The highest BCUT2D eigenvalue weighted by Gasteiger charge is 2.60. The fourth-order valence-corrected chi connectivity index (χ4v) is 5.17. The molecule has 2 heterocycles. The van der Waals surface area contributed by atoms with E-state index in [4.69, 9.17) is 4.74 Å². The minimum atomic E-state index is -0.840. The molecule has 1 aromatic carbocycles. The highest BCUT2D eigenvalue weighted by Crippen LogP contribution is 2.50. The number of aliphatic hydroxyl groups is 1. The first-order valence-corrected chi connectivity index (χ1v) is 11.1. The van der Waals surface area contributed by atoms with Crippen molar-refractivity contribution in [2.75, 3.05) is 12.3 Å². The van der Waals surface area contributed by atoms with Gasteiger partial charge in [0.1, 0.15) is 12.3 Å². The molecule has 0 unspecified atom stereocenters. The van der Waals surface area contributed by atoms with E-state index >= 15 is 0 Å². The van der Waals surface area contributed by atoms with E-state index in [2.05, 4.69) is 5.32 Å². The van der Waals surface area contributed by atoms with Crippen LogP contribution in [0.15, 0.2) is 34.9 Å². The standard InChI is InChI=1S/C21H25N3O7S/c1-11-17-16(12(2)25)20(27)23(17)18(19(11)32-9-8-22-13(3)26)21(28)31-10-14-4-6-15(7-5-14)24(29)30/h4-7,11-12,16-17,25H,8-10H2,1-3H3,(H,22,26)/t11-,12-,16-,17+/m1/s1. The van der Waals surface area contributed by atoms with E-state index in [1.165, 1.54) is 47.9 Å². The van der Waals surface area contributed by atoms with Crippen LogP contribution in [-0.2, 0) is 25.7 Å². The Morgan fingerprint density at radius 3 is 2.56 bits per heavy atom. The number of carbonyl (C=O) groups excluding carboxylic acids is 3. The second-order valence-corrected chi connectivity index (χ2v) is 8.93. The van der Waals surface area contributed by atoms with Gasteiger partial charge in [-0.2, -0.15) is 0 Å². The molecule has 4 atom stereocenters. The number of amides is 2. The third-order valence-corrected chi connectivity index (χ3v) is 6.84. The first kappa shape index (κ1) is 23.7. The zero-order valence-corrected chi connectivity index (χ0v) is 18.8. The predicted octanol–water partition coefficient (Wildman–Crippen LogP) is 1.58. The summed E-state index contributed by atoms with van der Waals surface area (Å²) in [7, 11) is 0. The maximum atomic E-state index is 13.0. The lowest BCUT2D eigenvalue weighted by Crippen LogP contribution is -2.63. The van der Waals surface area contributed by atoms with Crippen LogP contribution in [0.1, 0.15) is 26.3 Å². The van der Waals surface area contributed by atoms with Gasteiger partial charge in [0.25, 0.3) is 5.69 Å². The van der Waals surface area contributed by atoms with Crippen LogP contribution in [0.5, 0.6) is 0 Å². The Labute approximate surface area is 189 Å². The van der Waals surface area contributed by atoms with E-state index in [-0.39, 0.29) is 41.8 Å².